The molecule has 0 radical (unpaired) electrons. The monoisotopic (exact) mass is 397 g/mol. The van der Waals surface area contributed by atoms with Gasteiger partial charge in [-0.2, -0.15) is 0 Å². The van der Waals surface area contributed by atoms with Crippen molar-refractivity contribution in [3.05, 3.63) is 54.1 Å². The molecule has 2 aromatic rings. The van der Waals surface area contributed by atoms with Crippen LogP contribution in [0.4, 0.5) is 16.2 Å². The molecule has 0 saturated carbocycles. The van der Waals surface area contributed by atoms with Gasteiger partial charge < -0.3 is 25.6 Å². The SMILES string of the molecule is C=C1Cc2cc(OC)c(O)cc2N(C(=O)Oc2ccc(N)cc2)CC(NC=O)C1. The van der Waals surface area contributed by atoms with Crippen molar-refractivity contribution in [2.24, 2.45) is 0 Å². The van der Waals surface area contributed by atoms with E-state index in [1.807, 2.05) is 0 Å². The van der Waals surface area contributed by atoms with Gasteiger partial charge in [0.05, 0.1) is 18.8 Å². The normalized spacial score (nSPS) is 16.2. The molecule has 1 heterocycles. The standard InChI is InChI=1S/C21H23N3O5/c1-13-7-14-9-20(28-2)19(26)10-18(14)24(11-16(8-13)23-12-25)21(27)29-17-5-3-15(22)4-6-17/h3-6,9-10,12,16,26H,1,7-8,11,22H2,2H3,(H,23,25). The first-order valence-electron chi connectivity index (χ1n) is 9.02. The van der Waals surface area contributed by atoms with E-state index in [0.29, 0.717) is 42.1 Å². The fourth-order valence-corrected chi connectivity index (χ4v) is 3.30. The fourth-order valence-electron chi connectivity index (χ4n) is 3.30. The first-order chi connectivity index (χ1) is 13.9. The van der Waals surface area contributed by atoms with Gasteiger partial charge in [0.1, 0.15) is 5.75 Å². The second-order valence-corrected chi connectivity index (χ2v) is 6.81. The van der Waals surface area contributed by atoms with Crippen LogP contribution in [0.5, 0.6) is 17.2 Å². The lowest BCUT2D eigenvalue weighted by molar-refractivity contribution is -0.110. The number of phenolic OH excluding ortho intramolecular Hbond substituents is 1. The topological polar surface area (TPSA) is 114 Å². The van der Waals surface area contributed by atoms with Crippen molar-refractivity contribution in [2.45, 2.75) is 18.9 Å². The summed E-state index contributed by atoms with van der Waals surface area (Å²) in [6, 6.07) is 9.21. The van der Waals surface area contributed by atoms with Gasteiger partial charge in [-0.1, -0.05) is 12.2 Å². The number of nitrogen functional groups attached to an aromatic ring is 1. The van der Waals surface area contributed by atoms with E-state index in [-0.39, 0.29) is 18.3 Å². The third kappa shape index (κ3) is 4.60. The van der Waals surface area contributed by atoms with Crippen LogP contribution in [0.25, 0.3) is 0 Å². The lowest BCUT2D eigenvalue weighted by Crippen LogP contribution is -2.46. The molecule has 0 spiro atoms. The molecule has 1 atom stereocenters. The van der Waals surface area contributed by atoms with Crippen LogP contribution in [-0.2, 0) is 11.2 Å². The van der Waals surface area contributed by atoms with Crippen LogP contribution >= 0.6 is 0 Å². The van der Waals surface area contributed by atoms with E-state index in [9.17, 15) is 14.7 Å². The number of hydrogen-bond donors (Lipinski definition) is 3. The minimum Gasteiger partial charge on any atom is -0.504 e. The minimum absolute atomic E-state index is 0.109. The number of carbonyl (C=O) groups excluding carboxylic acids is 2. The Bertz CT molecular complexity index is 927. The zero-order chi connectivity index (χ0) is 21.0. The number of aromatic hydroxyl groups is 1. The Hall–Kier alpha value is -3.68. The molecule has 1 aliphatic rings. The number of rotatable bonds is 4. The van der Waals surface area contributed by atoms with Gasteiger partial charge >= 0.3 is 6.09 Å². The molecule has 8 heteroatoms. The number of methoxy groups -OCH3 is 1. The molecule has 2 amide bonds. The van der Waals surface area contributed by atoms with E-state index in [4.69, 9.17) is 15.2 Å². The Kier molecular flexibility index (Phi) is 5.92. The number of ether oxygens (including phenoxy) is 2. The lowest BCUT2D eigenvalue weighted by Gasteiger charge is -2.32. The minimum atomic E-state index is -0.647. The van der Waals surface area contributed by atoms with Crippen LogP contribution in [-0.4, -0.2) is 37.3 Å². The molecule has 0 bridgehead atoms. The van der Waals surface area contributed by atoms with Crippen molar-refractivity contribution in [3.8, 4) is 17.2 Å². The highest BCUT2D eigenvalue weighted by Gasteiger charge is 2.28. The van der Waals surface area contributed by atoms with E-state index in [2.05, 4.69) is 11.9 Å². The summed E-state index contributed by atoms with van der Waals surface area (Å²) in [7, 11) is 1.45. The Balaban J connectivity index is 2.00. The number of benzene rings is 2. The molecule has 3 rings (SSSR count). The number of phenols is 1. The molecule has 29 heavy (non-hydrogen) atoms. The van der Waals surface area contributed by atoms with Crippen LogP contribution in [0.2, 0.25) is 0 Å². The second-order valence-electron chi connectivity index (χ2n) is 6.81. The number of nitrogens with zero attached hydrogens (tertiary/aromatic N) is 1. The molecule has 8 nitrogen and oxygen atoms in total. The van der Waals surface area contributed by atoms with Crippen molar-refractivity contribution in [1.82, 2.24) is 5.32 Å². The maximum atomic E-state index is 13.0. The molecule has 0 aromatic heterocycles. The Morgan fingerprint density at radius 3 is 2.72 bits per heavy atom. The number of fused-ring (bicyclic) bond motifs is 1. The molecular weight excluding hydrogens is 374 g/mol. The molecule has 4 N–H and O–H groups in total. The van der Waals surface area contributed by atoms with Crippen LogP contribution in [0.3, 0.4) is 0 Å². The smallest absolute Gasteiger partial charge is 0.419 e. The molecule has 1 unspecified atom stereocenters. The van der Waals surface area contributed by atoms with Gasteiger partial charge in [-0.15, -0.1) is 0 Å². The Labute approximate surface area is 168 Å². The number of anilines is 2. The van der Waals surface area contributed by atoms with Gasteiger partial charge in [-0.3, -0.25) is 9.69 Å². The zero-order valence-corrected chi connectivity index (χ0v) is 16.1. The number of nitrogens with two attached hydrogens (primary N) is 1. The Morgan fingerprint density at radius 2 is 2.07 bits per heavy atom. The highest BCUT2D eigenvalue weighted by molar-refractivity contribution is 5.91. The summed E-state index contributed by atoms with van der Waals surface area (Å²) in [6.45, 7) is 4.21. The quantitative estimate of drug-likeness (QED) is 0.415. The summed E-state index contributed by atoms with van der Waals surface area (Å²) in [5.74, 6) is 0.518. The third-order valence-electron chi connectivity index (χ3n) is 4.66. The summed E-state index contributed by atoms with van der Waals surface area (Å²) in [5.41, 5.74) is 8.31. The van der Waals surface area contributed by atoms with Crippen molar-refractivity contribution >= 4 is 23.9 Å². The van der Waals surface area contributed by atoms with Crippen molar-refractivity contribution in [2.75, 3.05) is 24.3 Å². The van der Waals surface area contributed by atoms with E-state index in [1.165, 1.54) is 18.1 Å². The third-order valence-corrected chi connectivity index (χ3v) is 4.66. The van der Waals surface area contributed by atoms with Crippen molar-refractivity contribution < 1.29 is 24.2 Å². The first kappa shape index (κ1) is 20.1. The molecule has 0 saturated heterocycles. The summed E-state index contributed by atoms with van der Waals surface area (Å²) in [4.78, 5) is 25.4. The first-order valence-corrected chi connectivity index (χ1v) is 9.02. The van der Waals surface area contributed by atoms with Crippen LogP contribution < -0.4 is 25.4 Å². The van der Waals surface area contributed by atoms with Crippen LogP contribution in [0, 0.1) is 0 Å². The molecule has 0 fully saturated rings. The van der Waals surface area contributed by atoms with Gasteiger partial charge in [0.15, 0.2) is 11.5 Å². The largest absolute Gasteiger partial charge is 0.504 e. The van der Waals surface area contributed by atoms with E-state index in [0.717, 1.165) is 11.1 Å². The maximum Gasteiger partial charge on any atom is 0.419 e. The predicted molar refractivity (Wildman–Crippen MR) is 109 cm³/mol. The number of hydrogen-bond acceptors (Lipinski definition) is 6. The predicted octanol–water partition coefficient (Wildman–Crippen LogP) is 2.61. The fraction of sp³-hybridized carbons (Fsp3) is 0.238. The molecule has 152 valence electrons. The lowest BCUT2D eigenvalue weighted by atomic mass is 9.95. The molecular formula is C21H23N3O5. The van der Waals surface area contributed by atoms with Crippen LogP contribution in [0.1, 0.15) is 12.0 Å². The van der Waals surface area contributed by atoms with Gasteiger partial charge in [0.2, 0.25) is 6.41 Å². The molecule has 1 aliphatic heterocycles. The number of nitrogens with one attached hydrogen (secondary N) is 1. The second kappa shape index (κ2) is 8.55. The number of amides is 2. The van der Waals surface area contributed by atoms with Gasteiger partial charge in [-0.05, 0) is 48.7 Å². The van der Waals surface area contributed by atoms with E-state index < -0.39 is 6.09 Å². The Morgan fingerprint density at radius 1 is 1.34 bits per heavy atom. The summed E-state index contributed by atoms with van der Waals surface area (Å²) >= 11 is 0. The highest BCUT2D eigenvalue weighted by atomic mass is 16.6. The van der Waals surface area contributed by atoms with Crippen molar-refractivity contribution in [1.29, 1.82) is 0 Å². The van der Waals surface area contributed by atoms with E-state index >= 15 is 0 Å². The van der Waals surface area contributed by atoms with E-state index in [1.54, 1.807) is 30.3 Å². The highest BCUT2D eigenvalue weighted by Crippen LogP contribution is 2.37. The van der Waals surface area contributed by atoms with Gasteiger partial charge in [-0.25, -0.2) is 4.79 Å². The summed E-state index contributed by atoms with van der Waals surface area (Å²) in [5, 5.41) is 13.0. The molecule has 2 aromatic carbocycles. The van der Waals surface area contributed by atoms with Gasteiger partial charge in [0, 0.05) is 18.3 Å². The number of carbonyl (C=O) groups is 2. The average Bonchev–Trinajstić information content (AvgIpc) is 2.68. The average molecular weight is 397 g/mol. The molecule has 0 aliphatic carbocycles. The maximum absolute atomic E-state index is 13.0. The zero-order valence-electron chi connectivity index (χ0n) is 16.1. The summed E-state index contributed by atoms with van der Waals surface area (Å²) < 4.78 is 10.7. The van der Waals surface area contributed by atoms with Gasteiger partial charge in [0.25, 0.3) is 0 Å². The summed E-state index contributed by atoms with van der Waals surface area (Å²) in [6.07, 6.45) is 0.891. The van der Waals surface area contributed by atoms with Crippen molar-refractivity contribution in [3.63, 3.8) is 0 Å². The van der Waals surface area contributed by atoms with Crippen LogP contribution in [0.15, 0.2) is 48.6 Å².